The number of halogens is 1. The summed E-state index contributed by atoms with van der Waals surface area (Å²) >= 11 is 6.05. The maximum atomic E-state index is 12.8. The number of amides is 1. The van der Waals surface area contributed by atoms with Gasteiger partial charge in [0.1, 0.15) is 5.75 Å². The molecule has 2 heterocycles. The minimum absolute atomic E-state index is 0.0303. The van der Waals surface area contributed by atoms with Crippen molar-refractivity contribution in [2.45, 2.75) is 31.7 Å². The maximum absolute atomic E-state index is 12.8. The van der Waals surface area contributed by atoms with Crippen molar-refractivity contribution in [2.75, 3.05) is 39.3 Å². The number of carbonyl (C=O) groups excluding carboxylic acids is 1. The van der Waals surface area contributed by atoms with Gasteiger partial charge in [-0.1, -0.05) is 18.0 Å². The van der Waals surface area contributed by atoms with Crippen molar-refractivity contribution in [3.05, 3.63) is 28.8 Å². The smallest absolute Gasteiger partial charge is 0.257 e. The van der Waals surface area contributed by atoms with Crippen LogP contribution in [-0.4, -0.2) is 61.1 Å². The van der Waals surface area contributed by atoms with Gasteiger partial charge in [-0.25, -0.2) is 0 Å². The molecule has 2 fully saturated rings. The van der Waals surface area contributed by atoms with E-state index in [2.05, 4.69) is 4.90 Å². The molecule has 5 nitrogen and oxygen atoms in total. The second-order valence-corrected chi connectivity index (χ2v) is 7.03. The third kappa shape index (κ3) is 4.02. The van der Waals surface area contributed by atoms with Crippen LogP contribution < -0.4 is 10.5 Å². The molecule has 1 aromatic carbocycles. The largest absolute Gasteiger partial charge is 0.493 e. The predicted molar refractivity (Wildman–Crippen MR) is 95.7 cm³/mol. The molecule has 0 unspecified atom stereocenters. The Bertz CT molecular complexity index is 569. The number of rotatable bonds is 6. The molecular weight excluding hydrogens is 326 g/mol. The van der Waals surface area contributed by atoms with Crippen molar-refractivity contribution in [1.29, 1.82) is 0 Å². The van der Waals surface area contributed by atoms with Crippen molar-refractivity contribution in [3.8, 4) is 5.75 Å². The van der Waals surface area contributed by atoms with E-state index in [-0.39, 0.29) is 5.91 Å². The third-order valence-electron chi connectivity index (χ3n) is 4.84. The van der Waals surface area contributed by atoms with Crippen LogP contribution in [0.5, 0.6) is 5.75 Å². The fourth-order valence-electron chi connectivity index (χ4n) is 3.36. The quantitative estimate of drug-likeness (QED) is 0.799. The average Bonchev–Trinajstić information content (AvgIpc) is 2.55. The number of ether oxygens (including phenoxy) is 1. The molecule has 24 heavy (non-hydrogen) atoms. The van der Waals surface area contributed by atoms with E-state index in [1.165, 1.54) is 32.4 Å². The zero-order chi connectivity index (χ0) is 16.9. The second kappa shape index (κ2) is 8.19. The van der Waals surface area contributed by atoms with Gasteiger partial charge in [0.15, 0.2) is 0 Å². The summed E-state index contributed by atoms with van der Waals surface area (Å²) in [6.07, 6.45) is 4.64. The van der Waals surface area contributed by atoms with E-state index in [4.69, 9.17) is 22.1 Å². The van der Waals surface area contributed by atoms with Gasteiger partial charge in [0.25, 0.3) is 5.91 Å². The first-order valence-corrected chi connectivity index (χ1v) is 9.22. The lowest BCUT2D eigenvalue weighted by atomic mass is 10.0. The number of piperidine rings is 1. The normalized spacial score (nSPS) is 19.2. The van der Waals surface area contributed by atoms with E-state index in [1.54, 1.807) is 18.2 Å². The Morgan fingerprint density at radius 3 is 2.71 bits per heavy atom. The van der Waals surface area contributed by atoms with Crippen LogP contribution in [0.2, 0.25) is 5.02 Å². The SMILES string of the molecule is NCCCOc1cc(Cl)ccc1C(=O)N1CC(N2CCCCC2)C1. The summed E-state index contributed by atoms with van der Waals surface area (Å²) in [6, 6.07) is 5.74. The molecule has 2 aliphatic heterocycles. The van der Waals surface area contributed by atoms with Gasteiger partial charge < -0.3 is 15.4 Å². The Labute approximate surface area is 148 Å². The van der Waals surface area contributed by atoms with Crippen LogP contribution in [-0.2, 0) is 0 Å². The van der Waals surface area contributed by atoms with Gasteiger partial charge in [-0.2, -0.15) is 0 Å². The Kier molecular flexibility index (Phi) is 5.98. The highest BCUT2D eigenvalue weighted by Crippen LogP contribution is 2.28. The minimum Gasteiger partial charge on any atom is -0.493 e. The fraction of sp³-hybridized carbons (Fsp3) is 0.611. The number of benzene rings is 1. The maximum Gasteiger partial charge on any atom is 0.257 e. The lowest BCUT2D eigenvalue weighted by molar-refractivity contribution is 0.0201. The van der Waals surface area contributed by atoms with Crippen LogP contribution in [0.15, 0.2) is 18.2 Å². The van der Waals surface area contributed by atoms with Gasteiger partial charge in [0.05, 0.1) is 12.2 Å². The summed E-state index contributed by atoms with van der Waals surface area (Å²) < 4.78 is 5.72. The van der Waals surface area contributed by atoms with Crippen LogP contribution in [0.1, 0.15) is 36.0 Å². The first kappa shape index (κ1) is 17.5. The second-order valence-electron chi connectivity index (χ2n) is 6.59. The molecule has 2 aliphatic rings. The molecule has 132 valence electrons. The molecule has 0 bridgehead atoms. The topological polar surface area (TPSA) is 58.8 Å². The third-order valence-corrected chi connectivity index (χ3v) is 5.07. The minimum atomic E-state index is 0.0303. The first-order chi connectivity index (χ1) is 11.7. The highest BCUT2D eigenvalue weighted by molar-refractivity contribution is 6.30. The summed E-state index contributed by atoms with van der Waals surface area (Å²) in [7, 11) is 0. The molecular formula is C18H26ClN3O2. The monoisotopic (exact) mass is 351 g/mol. The Morgan fingerprint density at radius 2 is 2.00 bits per heavy atom. The highest BCUT2D eigenvalue weighted by atomic mass is 35.5. The molecule has 3 rings (SSSR count). The number of nitrogens with two attached hydrogens (primary N) is 1. The van der Waals surface area contributed by atoms with E-state index < -0.39 is 0 Å². The van der Waals surface area contributed by atoms with E-state index in [9.17, 15) is 4.79 Å². The molecule has 0 saturated carbocycles. The summed E-state index contributed by atoms with van der Waals surface area (Å²) in [5, 5.41) is 0.573. The highest BCUT2D eigenvalue weighted by Gasteiger charge is 2.36. The van der Waals surface area contributed by atoms with Crippen molar-refractivity contribution in [3.63, 3.8) is 0 Å². The van der Waals surface area contributed by atoms with E-state index in [0.717, 1.165) is 19.5 Å². The van der Waals surface area contributed by atoms with Crippen LogP contribution in [0, 0.1) is 0 Å². The van der Waals surface area contributed by atoms with Crippen LogP contribution in [0.3, 0.4) is 0 Å². The Hall–Kier alpha value is -1.30. The summed E-state index contributed by atoms with van der Waals surface area (Å²) in [5.74, 6) is 0.588. The van der Waals surface area contributed by atoms with Gasteiger partial charge in [-0.05, 0) is 57.1 Å². The molecule has 2 N–H and O–H groups in total. The van der Waals surface area contributed by atoms with Crippen LogP contribution in [0.4, 0.5) is 0 Å². The Morgan fingerprint density at radius 1 is 1.25 bits per heavy atom. The molecule has 6 heteroatoms. The summed E-state index contributed by atoms with van der Waals surface area (Å²) in [5.41, 5.74) is 6.09. The molecule has 0 spiro atoms. The number of carbonyl (C=O) groups is 1. The van der Waals surface area contributed by atoms with Crippen LogP contribution in [0.25, 0.3) is 0 Å². The van der Waals surface area contributed by atoms with E-state index >= 15 is 0 Å². The lowest BCUT2D eigenvalue weighted by Crippen LogP contribution is -2.61. The van der Waals surface area contributed by atoms with Crippen molar-refractivity contribution in [1.82, 2.24) is 9.80 Å². The van der Waals surface area contributed by atoms with Crippen molar-refractivity contribution < 1.29 is 9.53 Å². The Balaban J connectivity index is 1.61. The number of hydrogen-bond acceptors (Lipinski definition) is 4. The van der Waals surface area contributed by atoms with Gasteiger partial charge in [0.2, 0.25) is 0 Å². The van der Waals surface area contributed by atoms with E-state index in [1.807, 2.05) is 4.90 Å². The lowest BCUT2D eigenvalue weighted by Gasteiger charge is -2.46. The number of likely N-dealkylation sites (tertiary alicyclic amines) is 2. The standard InChI is InChI=1S/C18H26ClN3O2/c19-14-5-6-16(17(11-14)24-10-4-7-20)18(23)22-12-15(13-22)21-8-2-1-3-9-21/h5-6,11,15H,1-4,7-10,12-13,20H2. The van der Waals surface area contributed by atoms with Crippen LogP contribution >= 0.6 is 11.6 Å². The molecule has 0 radical (unpaired) electrons. The molecule has 1 amide bonds. The van der Waals surface area contributed by atoms with Gasteiger partial charge in [-0.15, -0.1) is 0 Å². The molecule has 1 aromatic rings. The zero-order valence-corrected chi connectivity index (χ0v) is 14.8. The molecule has 0 atom stereocenters. The van der Waals surface area contributed by atoms with Crippen molar-refractivity contribution >= 4 is 17.5 Å². The number of hydrogen-bond donors (Lipinski definition) is 1. The molecule has 0 aliphatic carbocycles. The molecule has 2 saturated heterocycles. The van der Waals surface area contributed by atoms with E-state index in [0.29, 0.717) is 35.5 Å². The first-order valence-electron chi connectivity index (χ1n) is 8.85. The van der Waals surface area contributed by atoms with Gasteiger partial charge in [0, 0.05) is 24.2 Å². The summed E-state index contributed by atoms with van der Waals surface area (Å²) in [4.78, 5) is 17.2. The summed E-state index contributed by atoms with van der Waals surface area (Å²) in [6.45, 7) is 5.01. The number of nitrogens with zero attached hydrogens (tertiary/aromatic N) is 2. The fourth-order valence-corrected chi connectivity index (χ4v) is 3.53. The average molecular weight is 352 g/mol. The predicted octanol–water partition coefficient (Wildman–Crippen LogP) is 2.38. The zero-order valence-electron chi connectivity index (χ0n) is 14.0. The van der Waals surface area contributed by atoms with Gasteiger partial charge >= 0.3 is 0 Å². The van der Waals surface area contributed by atoms with Gasteiger partial charge in [-0.3, -0.25) is 9.69 Å². The van der Waals surface area contributed by atoms with Crippen molar-refractivity contribution in [2.24, 2.45) is 5.73 Å². The molecule has 0 aromatic heterocycles.